The lowest BCUT2D eigenvalue weighted by molar-refractivity contribution is 0.792. The van der Waals surface area contributed by atoms with Crippen LogP contribution in [-0.2, 0) is 13.0 Å². The molecule has 2 N–H and O–H groups in total. The highest BCUT2D eigenvalue weighted by Gasteiger charge is 2.02. The number of anilines is 1. The molecule has 0 unspecified atom stereocenters. The third-order valence-corrected chi connectivity index (χ3v) is 4.32. The molecule has 0 radical (unpaired) electrons. The first kappa shape index (κ1) is 21.6. The third-order valence-electron chi connectivity index (χ3n) is 3.29. The summed E-state index contributed by atoms with van der Waals surface area (Å²) < 4.78 is 0. The molecule has 0 aliphatic carbocycles. The Hall–Kier alpha value is -1.42. The Kier molecular flexibility index (Phi) is 9.73. The van der Waals surface area contributed by atoms with Crippen LogP contribution in [0.25, 0.3) is 0 Å². The number of aryl methyl sites for hydroxylation is 1. The van der Waals surface area contributed by atoms with E-state index in [1.807, 2.05) is 44.1 Å². The number of aliphatic imine (C=N–C) groups is 1. The number of thiazole rings is 1. The van der Waals surface area contributed by atoms with Crippen LogP contribution in [0.1, 0.15) is 23.3 Å². The number of hydrogen-bond acceptors (Lipinski definition) is 5. The SMILES string of the molecule is CCNC(=NCc1cccc(N(C)C)n1)NCCc1nc(C)cs1.I. The maximum absolute atomic E-state index is 4.62. The van der Waals surface area contributed by atoms with Crippen molar-refractivity contribution >= 4 is 47.1 Å². The normalized spacial score (nSPS) is 11.0. The molecule has 0 aliphatic heterocycles. The summed E-state index contributed by atoms with van der Waals surface area (Å²) in [4.78, 5) is 15.7. The van der Waals surface area contributed by atoms with Gasteiger partial charge in [-0.3, -0.25) is 0 Å². The quantitative estimate of drug-likeness (QED) is 0.367. The van der Waals surface area contributed by atoms with Crippen molar-refractivity contribution in [2.24, 2.45) is 4.99 Å². The van der Waals surface area contributed by atoms with Gasteiger partial charge in [-0.25, -0.2) is 15.0 Å². The lowest BCUT2D eigenvalue weighted by Gasteiger charge is -2.13. The Morgan fingerprint density at radius 2 is 2.04 bits per heavy atom. The molecule has 2 rings (SSSR count). The zero-order valence-corrected chi connectivity index (χ0v) is 18.4. The van der Waals surface area contributed by atoms with Crippen LogP contribution in [0, 0.1) is 6.92 Å². The second kappa shape index (κ2) is 11.2. The minimum absolute atomic E-state index is 0. The molecule has 2 aromatic heterocycles. The summed E-state index contributed by atoms with van der Waals surface area (Å²) in [5.41, 5.74) is 2.04. The average Bonchev–Trinajstić information content (AvgIpc) is 2.98. The molecule has 25 heavy (non-hydrogen) atoms. The standard InChI is InChI=1S/C17H26N6S.HI/c1-5-18-17(19-10-9-16-21-13(2)12-24-16)20-11-14-7-6-8-15(22-14)23(3)4;/h6-8,12H,5,9-11H2,1-4H3,(H2,18,19,20);1H. The predicted octanol–water partition coefficient (Wildman–Crippen LogP) is 2.83. The highest BCUT2D eigenvalue weighted by Crippen LogP contribution is 2.09. The van der Waals surface area contributed by atoms with Crippen molar-refractivity contribution in [3.63, 3.8) is 0 Å². The van der Waals surface area contributed by atoms with E-state index in [9.17, 15) is 0 Å². The first-order valence-corrected chi connectivity index (χ1v) is 9.03. The van der Waals surface area contributed by atoms with E-state index >= 15 is 0 Å². The number of nitrogens with one attached hydrogen (secondary N) is 2. The van der Waals surface area contributed by atoms with Gasteiger partial charge in [-0.15, -0.1) is 35.3 Å². The van der Waals surface area contributed by atoms with Crippen molar-refractivity contribution in [2.75, 3.05) is 32.1 Å². The van der Waals surface area contributed by atoms with E-state index in [1.165, 1.54) is 0 Å². The van der Waals surface area contributed by atoms with Crippen molar-refractivity contribution in [1.29, 1.82) is 0 Å². The number of guanidine groups is 1. The summed E-state index contributed by atoms with van der Waals surface area (Å²) in [6.07, 6.45) is 0.900. The van der Waals surface area contributed by atoms with Crippen LogP contribution in [0.5, 0.6) is 0 Å². The van der Waals surface area contributed by atoms with Crippen LogP contribution < -0.4 is 15.5 Å². The van der Waals surface area contributed by atoms with Crippen LogP contribution in [0.3, 0.4) is 0 Å². The van der Waals surface area contributed by atoms with Crippen LogP contribution in [-0.4, -0.2) is 43.1 Å². The van der Waals surface area contributed by atoms with Crippen LogP contribution >= 0.6 is 35.3 Å². The zero-order valence-electron chi connectivity index (χ0n) is 15.2. The highest BCUT2D eigenvalue weighted by atomic mass is 127. The number of nitrogens with zero attached hydrogens (tertiary/aromatic N) is 4. The maximum Gasteiger partial charge on any atom is 0.191 e. The van der Waals surface area contributed by atoms with Gasteiger partial charge in [-0.2, -0.15) is 0 Å². The molecule has 6 nitrogen and oxygen atoms in total. The maximum atomic E-state index is 4.62. The summed E-state index contributed by atoms with van der Waals surface area (Å²) in [7, 11) is 3.97. The van der Waals surface area contributed by atoms with Crippen molar-refractivity contribution in [1.82, 2.24) is 20.6 Å². The van der Waals surface area contributed by atoms with E-state index in [1.54, 1.807) is 11.3 Å². The molecule has 2 heterocycles. The Bertz CT molecular complexity index is 671. The number of aromatic nitrogens is 2. The van der Waals surface area contributed by atoms with Gasteiger partial charge in [-0.05, 0) is 26.0 Å². The fraction of sp³-hybridized carbons (Fsp3) is 0.471. The molecule has 0 spiro atoms. The van der Waals surface area contributed by atoms with Crippen molar-refractivity contribution < 1.29 is 0 Å². The number of rotatable bonds is 7. The molecular weight excluding hydrogens is 447 g/mol. The summed E-state index contributed by atoms with van der Waals surface area (Å²) in [6, 6.07) is 6.00. The topological polar surface area (TPSA) is 65.4 Å². The smallest absolute Gasteiger partial charge is 0.191 e. The van der Waals surface area contributed by atoms with Crippen LogP contribution in [0.4, 0.5) is 5.82 Å². The number of halogens is 1. The van der Waals surface area contributed by atoms with E-state index in [4.69, 9.17) is 0 Å². The Morgan fingerprint density at radius 1 is 1.24 bits per heavy atom. The minimum atomic E-state index is 0. The average molecular weight is 474 g/mol. The molecule has 0 saturated heterocycles. The minimum Gasteiger partial charge on any atom is -0.363 e. The van der Waals surface area contributed by atoms with Crippen molar-refractivity contribution in [3.8, 4) is 0 Å². The fourth-order valence-electron chi connectivity index (χ4n) is 2.11. The summed E-state index contributed by atoms with van der Waals surface area (Å²) in [5.74, 6) is 1.75. The van der Waals surface area contributed by atoms with E-state index in [-0.39, 0.29) is 24.0 Å². The van der Waals surface area contributed by atoms with E-state index < -0.39 is 0 Å². The monoisotopic (exact) mass is 474 g/mol. The molecule has 0 atom stereocenters. The largest absolute Gasteiger partial charge is 0.363 e. The van der Waals surface area contributed by atoms with Gasteiger partial charge in [0.1, 0.15) is 5.82 Å². The van der Waals surface area contributed by atoms with Crippen LogP contribution in [0.15, 0.2) is 28.6 Å². The second-order valence-corrected chi connectivity index (χ2v) is 6.58. The molecule has 0 saturated carbocycles. The fourth-order valence-corrected chi connectivity index (χ4v) is 2.89. The molecule has 2 aromatic rings. The van der Waals surface area contributed by atoms with Gasteiger partial charge >= 0.3 is 0 Å². The van der Waals surface area contributed by atoms with E-state index in [0.29, 0.717) is 6.54 Å². The lowest BCUT2D eigenvalue weighted by atomic mass is 10.3. The van der Waals surface area contributed by atoms with E-state index in [0.717, 1.165) is 47.7 Å². The first-order valence-electron chi connectivity index (χ1n) is 8.15. The molecule has 0 aliphatic rings. The molecule has 0 aromatic carbocycles. The van der Waals surface area contributed by atoms with Gasteiger partial charge in [0.05, 0.1) is 17.2 Å². The Morgan fingerprint density at radius 3 is 2.68 bits per heavy atom. The molecule has 0 bridgehead atoms. The Balaban J connectivity index is 0.00000312. The molecule has 138 valence electrons. The van der Waals surface area contributed by atoms with Gasteiger partial charge in [0.15, 0.2) is 5.96 Å². The Labute approximate surface area is 171 Å². The number of hydrogen-bond donors (Lipinski definition) is 2. The van der Waals surface area contributed by atoms with Crippen molar-refractivity contribution in [3.05, 3.63) is 40.0 Å². The predicted molar refractivity (Wildman–Crippen MR) is 117 cm³/mol. The van der Waals surface area contributed by atoms with E-state index in [2.05, 4.69) is 37.9 Å². The van der Waals surface area contributed by atoms with Gasteiger partial charge < -0.3 is 15.5 Å². The van der Waals surface area contributed by atoms with Gasteiger partial charge in [0.2, 0.25) is 0 Å². The molecular formula is C17H27IN6S. The van der Waals surface area contributed by atoms with Crippen molar-refractivity contribution in [2.45, 2.75) is 26.8 Å². The second-order valence-electron chi connectivity index (χ2n) is 5.64. The highest BCUT2D eigenvalue weighted by molar-refractivity contribution is 14.0. The van der Waals surface area contributed by atoms with Gasteiger partial charge in [0, 0.05) is 44.7 Å². The van der Waals surface area contributed by atoms with Crippen LogP contribution in [0.2, 0.25) is 0 Å². The lowest BCUT2D eigenvalue weighted by Crippen LogP contribution is -2.38. The summed E-state index contributed by atoms with van der Waals surface area (Å²) in [5, 5.41) is 9.85. The summed E-state index contributed by atoms with van der Waals surface area (Å²) in [6.45, 7) is 6.27. The van der Waals surface area contributed by atoms with Gasteiger partial charge in [-0.1, -0.05) is 6.07 Å². The van der Waals surface area contributed by atoms with Gasteiger partial charge in [0.25, 0.3) is 0 Å². The number of pyridine rings is 1. The zero-order chi connectivity index (χ0) is 17.4. The molecule has 0 fully saturated rings. The first-order chi connectivity index (χ1) is 11.6. The molecule has 8 heteroatoms. The third kappa shape index (κ3) is 7.55. The summed E-state index contributed by atoms with van der Waals surface area (Å²) >= 11 is 1.70. The molecule has 0 amide bonds.